The first-order valence-electron chi connectivity index (χ1n) is 7.61. The van der Waals surface area contributed by atoms with Gasteiger partial charge in [0.2, 0.25) is 5.91 Å². The molecule has 2 aromatic carbocycles. The Kier molecular flexibility index (Phi) is 7.20. The second-order valence-corrected chi connectivity index (χ2v) is 5.06. The summed E-state index contributed by atoms with van der Waals surface area (Å²) >= 11 is 0. The van der Waals surface area contributed by atoms with Crippen molar-refractivity contribution in [1.82, 2.24) is 5.32 Å². The standard InChI is InChI=1S/C18H20FNO4/c19-16-9-5-4-8-15(16)17(21)12-20-18(22)13-23-10-11-24-14-6-2-1-3-7-14/h1-9,17,21H,10-13H2,(H,20,22). The topological polar surface area (TPSA) is 67.8 Å². The summed E-state index contributed by atoms with van der Waals surface area (Å²) in [6.45, 7) is 0.360. The fourth-order valence-corrected chi connectivity index (χ4v) is 2.02. The number of aliphatic hydroxyl groups is 1. The monoisotopic (exact) mass is 333 g/mol. The number of rotatable bonds is 9. The normalized spacial score (nSPS) is 11.8. The molecule has 0 radical (unpaired) electrons. The number of carbonyl (C=O) groups excluding carboxylic acids is 1. The highest BCUT2D eigenvalue weighted by Gasteiger charge is 2.13. The Morgan fingerprint density at radius 2 is 1.79 bits per heavy atom. The lowest BCUT2D eigenvalue weighted by Gasteiger charge is -2.13. The number of amides is 1. The smallest absolute Gasteiger partial charge is 0.246 e. The third kappa shape index (κ3) is 5.98. The molecule has 6 heteroatoms. The minimum Gasteiger partial charge on any atom is -0.491 e. The number of halogens is 1. The van der Waals surface area contributed by atoms with Crippen LogP contribution in [0.3, 0.4) is 0 Å². The molecule has 0 spiro atoms. The van der Waals surface area contributed by atoms with Crippen molar-refractivity contribution in [3.05, 3.63) is 66.0 Å². The molecular weight excluding hydrogens is 313 g/mol. The van der Waals surface area contributed by atoms with Gasteiger partial charge in [-0.05, 0) is 18.2 Å². The van der Waals surface area contributed by atoms with Crippen molar-refractivity contribution >= 4 is 5.91 Å². The van der Waals surface area contributed by atoms with E-state index >= 15 is 0 Å². The average molecular weight is 333 g/mol. The summed E-state index contributed by atoms with van der Waals surface area (Å²) in [4.78, 5) is 11.6. The third-order valence-corrected chi connectivity index (χ3v) is 3.23. The molecule has 2 N–H and O–H groups in total. The van der Waals surface area contributed by atoms with E-state index in [1.54, 1.807) is 6.07 Å². The van der Waals surface area contributed by atoms with E-state index in [0.29, 0.717) is 6.61 Å². The second-order valence-electron chi connectivity index (χ2n) is 5.06. The molecule has 0 fully saturated rings. The van der Waals surface area contributed by atoms with Crippen LogP contribution in [-0.2, 0) is 9.53 Å². The predicted octanol–water partition coefficient (Wildman–Crippen LogP) is 2.07. The van der Waals surface area contributed by atoms with Gasteiger partial charge < -0.3 is 19.9 Å². The summed E-state index contributed by atoms with van der Waals surface area (Å²) in [6, 6.07) is 15.2. The summed E-state index contributed by atoms with van der Waals surface area (Å²) in [6.07, 6.45) is -1.10. The lowest BCUT2D eigenvalue weighted by molar-refractivity contribution is -0.126. The van der Waals surface area contributed by atoms with Gasteiger partial charge in [0.15, 0.2) is 0 Å². The summed E-state index contributed by atoms with van der Waals surface area (Å²) in [7, 11) is 0. The minimum atomic E-state index is -1.10. The van der Waals surface area contributed by atoms with Crippen LogP contribution >= 0.6 is 0 Å². The van der Waals surface area contributed by atoms with Gasteiger partial charge in [-0.25, -0.2) is 4.39 Å². The molecule has 1 atom stereocenters. The molecular formula is C18H20FNO4. The molecule has 0 heterocycles. The van der Waals surface area contributed by atoms with Crippen LogP contribution in [-0.4, -0.2) is 37.4 Å². The van der Waals surface area contributed by atoms with E-state index in [1.807, 2.05) is 30.3 Å². The van der Waals surface area contributed by atoms with Crippen LogP contribution in [0.15, 0.2) is 54.6 Å². The Labute approximate surface area is 140 Å². The number of benzene rings is 2. The molecule has 2 rings (SSSR count). The largest absolute Gasteiger partial charge is 0.491 e. The lowest BCUT2D eigenvalue weighted by atomic mass is 10.1. The van der Waals surface area contributed by atoms with E-state index in [9.17, 15) is 14.3 Å². The molecule has 1 unspecified atom stereocenters. The van der Waals surface area contributed by atoms with Crippen molar-refractivity contribution in [1.29, 1.82) is 0 Å². The zero-order chi connectivity index (χ0) is 17.2. The van der Waals surface area contributed by atoms with E-state index in [1.165, 1.54) is 18.2 Å². The molecule has 0 bridgehead atoms. The number of hydrogen-bond donors (Lipinski definition) is 2. The quantitative estimate of drug-likeness (QED) is 0.690. The molecule has 5 nitrogen and oxygen atoms in total. The van der Waals surface area contributed by atoms with Crippen LogP contribution in [0.2, 0.25) is 0 Å². The van der Waals surface area contributed by atoms with Gasteiger partial charge in [0.25, 0.3) is 0 Å². The zero-order valence-corrected chi connectivity index (χ0v) is 13.2. The van der Waals surface area contributed by atoms with Gasteiger partial charge in [-0.2, -0.15) is 0 Å². The average Bonchev–Trinajstić information content (AvgIpc) is 2.60. The highest BCUT2D eigenvalue weighted by atomic mass is 19.1. The Balaban J connectivity index is 1.59. The lowest BCUT2D eigenvalue weighted by Crippen LogP contribution is -2.32. The summed E-state index contributed by atoms with van der Waals surface area (Å²) < 4.78 is 24.1. The number of hydrogen-bond acceptors (Lipinski definition) is 4. The fraction of sp³-hybridized carbons (Fsp3) is 0.278. The molecule has 0 aliphatic heterocycles. The molecule has 0 aliphatic rings. The van der Waals surface area contributed by atoms with Gasteiger partial charge in [0.1, 0.15) is 24.8 Å². The highest BCUT2D eigenvalue weighted by Crippen LogP contribution is 2.15. The number of nitrogens with one attached hydrogen (secondary N) is 1. The first kappa shape index (κ1) is 17.9. The van der Waals surface area contributed by atoms with Gasteiger partial charge in [0.05, 0.1) is 12.7 Å². The van der Waals surface area contributed by atoms with Gasteiger partial charge in [-0.3, -0.25) is 4.79 Å². The van der Waals surface area contributed by atoms with Gasteiger partial charge in [0, 0.05) is 12.1 Å². The van der Waals surface area contributed by atoms with Crippen molar-refractivity contribution < 1.29 is 23.8 Å². The SMILES string of the molecule is O=C(COCCOc1ccccc1)NCC(O)c1ccccc1F. The van der Waals surface area contributed by atoms with Gasteiger partial charge >= 0.3 is 0 Å². The number of aliphatic hydroxyl groups excluding tert-OH is 1. The Bertz CT molecular complexity index is 636. The molecule has 24 heavy (non-hydrogen) atoms. The van der Waals surface area contributed by atoms with E-state index in [4.69, 9.17) is 9.47 Å². The number of ether oxygens (including phenoxy) is 2. The molecule has 0 saturated carbocycles. The summed E-state index contributed by atoms with van der Waals surface area (Å²) in [5.41, 5.74) is 0.148. The van der Waals surface area contributed by atoms with Crippen LogP contribution in [0.25, 0.3) is 0 Å². The van der Waals surface area contributed by atoms with Crippen LogP contribution in [0, 0.1) is 5.82 Å². The first-order chi connectivity index (χ1) is 11.7. The van der Waals surface area contributed by atoms with Crippen LogP contribution in [0.1, 0.15) is 11.7 Å². The minimum absolute atomic E-state index is 0.0797. The second kappa shape index (κ2) is 9.64. The summed E-state index contributed by atoms with van der Waals surface area (Å²) in [5, 5.41) is 12.4. The van der Waals surface area contributed by atoms with Crippen LogP contribution < -0.4 is 10.1 Å². The van der Waals surface area contributed by atoms with Crippen molar-refractivity contribution in [2.45, 2.75) is 6.10 Å². The Morgan fingerprint density at radius 3 is 2.54 bits per heavy atom. The van der Waals surface area contributed by atoms with Crippen molar-refractivity contribution in [2.24, 2.45) is 0 Å². The van der Waals surface area contributed by atoms with E-state index < -0.39 is 11.9 Å². The highest BCUT2D eigenvalue weighted by molar-refractivity contribution is 5.77. The zero-order valence-electron chi connectivity index (χ0n) is 13.2. The number of carbonyl (C=O) groups is 1. The molecule has 0 aromatic heterocycles. The van der Waals surface area contributed by atoms with E-state index in [2.05, 4.69) is 5.32 Å². The van der Waals surface area contributed by atoms with Gasteiger partial charge in [-0.1, -0.05) is 36.4 Å². The van der Waals surface area contributed by atoms with E-state index in [-0.39, 0.29) is 31.2 Å². The molecule has 1 amide bonds. The first-order valence-corrected chi connectivity index (χ1v) is 7.61. The predicted molar refractivity (Wildman–Crippen MR) is 87.1 cm³/mol. The maximum Gasteiger partial charge on any atom is 0.246 e. The summed E-state index contributed by atoms with van der Waals surface area (Å²) in [5.74, 6) is -0.155. The maximum atomic E-state index is 13.5. The van der Waals surface area contributed by atoms with Crippen molar-refractivity contribution in [3.8, 4) is 5.75 Å². The Morgan fingerprint density at radius 1 is 1.08 bits per heavy atom. The van der Waals surface area contributed by atoms with Crippen LogP contribution in [0.4, 0.5) is 4.39 Å². The van der Waals surface area contributed by atoms with E-state index in [0.717, 1.165) is 5.75 Å². The maximum absolute atomic E-state index is 13.5. The molecule has 0 saturated heterocycles. The fourth-order valence-electron chi connectivity index (χ4n) is 2.02. The Hall–Kier alpha value is -2.44. The van der Waals surface area contributed by atoms with Gasteiger partial charge in [-0.15, -0.1) is 0 Å². The van der Waals surface area contributed by atoms with Crippen molar-refractivity contribution in [2.75, 3.05) is 26.4 Å². The number of para-hydroxylation sites is 1. The molecule has 128 valence electrons. The van der Waals surface area contributed by atoms with Crippen LogP contribution in [0.5, 0.6) is 5.75 Å². The third-order valence-electron chi connectivity index (χ3n) is 3.23. The van der Waals surface area contributed by atoms with Crippen molar-refractivity contribution in [3.63, 3.8) is 0 Å². The molecule has 0 aliphatic carbocycles. The molecule has 2 aromatic rings.